The molecule has 1 atom stereocenters. The molecule has 1 unspecified atom stereocenters. The lowest BCUT2D eigenvalue weighted by molar-refractivity contribution is -0.130. The third-order valence-electron chi connectivity index (χ3n) is 2.73. The lowest BCUT2D eigenvalue weighted by Gasteiger charge is -2.23. The van der Waals surface area contributed by atoms with Gasteiger partial charge in [-0.1, -0.05) is 0 Å². The molecule has 1 aromatic rings. The molecule has 4 heteroatoms. The van der Waals surface area contributed by atoms with Crippen LogP contribution in [-0.2, 0) is 4.79 Å². The second-order valence-corrected chi connectivity index (χ2v) is 3.57. The van der Waals surface area contributed by atoms with E-state index in [4.69, 9.17) is 5.73 Å². The van der Waals surface area contributed by atoms with Crippen molar-refractivity contribution < 1.29 is 4.79 Å². The molecule has 2 rings (SSSR count). The molecule has 1 aromatic heterocycles. The lowest BCUT2D eigenvalue weighted by Crippen LogP contribution is -2.35. The Balaban J connectivity index is 2.15. The second kappa shape index (κ2) is 3.84. The van der Waals surface area contributed by atoms with Crippen molar-refractivity contribution in [2.45, 2.75) is 18.9 Å². The van der Waals surface area contributed by atoms with Crippen LogP contribution in [0.25, 0.3) is 0 Å². The Morgan fingerprint density at radius 1 is 1.71 bits per heavy atom. The van der Waals surface area contributed by atoms with Gasteiger partial charge in [0.15, 0.2) is 0 Å². The monoisotopic (exact) mass is 193 g/mol. The number of carbonyl (C=O) groups excluding carboxylic acids is 1. The van der Waals surface area contributed by atoms with E-state index in [2.05, 4.69) is 4.98 Å². The summed E-state index contributed by atoms with van der Waals surface area (Å²) in [5.74, 6) is 0.0436. The summed E-state index contributed by atoms with van der Waals surface area (Å²) in [5, 5.41) is 0. The van der Waals surface area contributed by atoms with Crippen molar-refractivity contribution in [1.82, 2.24) is 9.88 Å². The summed E-state index contributed by atoms with van der Waals surface area (Å²) < 4.78 is 0. The summed E-state index contributed by atoms with van der Waals surface area (Å²) in [5.41, 5.74) is 6.48. The number of rotatable bonds is 2. The quantitative estimate of drug-likeness (QED) is 0.724. The van der Waals surface area contributed by atoms with Crippen LogP contribution in [0.3, 0.4) is 0 Å². The molecule has 14 heavy (non-hydrogen) atoms. The van der Waals surface area contributed by atoms with Crippen LogP contribution in [0.5, 0.6) is 0 Å². The normalized spacial score (nSPS) is 21.5. The number of amides is 1. The van der Waals surface area contributed by atoms with Crippen LogP contribution in [-0.4, -0.2) is 28.9 Å². The van der Waals surface area contributed by atoms with E-state index in [1.54, 1.807) is 0 Å². The first-order chi connectivity index (χ1) is 6.83. The summed E-state index contributed by atoms with van der Waals surface area (Å²) in [6, 6.07) is 4.19. The summed E-state index contributed by atoms with van der Waals surface area (Å²) in [4.78, 5) is 16.5. The highest BCUT2D eigenvalue weighted by Crippen LogP contribution is 2.30. The van der Waals surface area contributed by atoms with Crippen LogP contribution in [0.1, 0.15) is 24.6 Å². The van der Waals surface area contributed by atoms with E-state index in [0.29, 0.717) is 0 Å². The second-order valence-electron chi connectivity index (χ2n) is 3.57. The maximum Gasteiger partial charge on any atom is 0.236 e. The first kappa shape index (κ1) is 9.27. The molecular weight excluding hydrogens is 178 g/mol. The van der Waals surface area contributed by atoms with Crippen LogP contribution in [0.4, 0.5) is 0 Å². The van der Waals surface area contributed by atoms with Crippen LogP contribution in [0.15, 0.2) is 18.3 Å². The van der Waals surface area contributed by atoms with Gasteiger partial charge in [-0.3, -0.25) is 4.79 Å². The molecule has 0 spiro atoms. The number of hydrogen-bond donors (Lipinski definition) is 2. The van der Waals surface area contributed by atoms with Gasteiger partial charge in [0.25, 0.3) is 0 Å². The smallest absolute Gasteiger partial charge is 0.236 e. The predicted molar refractivity (Wildman–Crippen MR) is 53.5 cm³/mol. The maximum absolute atomic E-state index is 11.5. The van der Waals surface area contributed by atoms with E-state index in [-0.39, 0.29) is 18.5 Å². The van der Waals surface area contributed by atoms with E-state index >= 15 is 0 Å². The fourth-order valence-electron chi connectivity index (χ4n) is 2.06. The average Bonchev–Trinajstić information content (AvgIpc) is 2.85. The number of hydrogen-bond acceptors (Lipinski definition) is 2. The highest BCUT2D eigenvalue weighted by Gasteiger charge is 2.29. The molecule has 0 aliphatic carbocycles. The highest BCUT2D eigenvalue weighted by atomic mass is 16.2. The third kappa shape index (κ3) is 1.53. The zero-order chi connectivity index (χ0) is 9.97. The maximum atomic E-state index is 11.5. The van der Waals surface area contributed by atoms with Gasteiger partial charge in [0.05, 0.1) is 12.6 Å². The zero-order valence-corrected chi connectivity index (χ0v) is 8.07. The molecule has 1 amide bonds. The zero-order valence-electron chi connectivity index (χ0n) is 8.07. The van der Waals surface area contributed by atoms with Crippen molar-refractivity contribution in [3.63, 3.8) is 0 Å². The first-order valence-corrected chi connectivity index (χ1v) is 4.95. The summed E-state index contributed by atoms with van der Waals surface area (Å²) in [6.45, 7) is 0.941. The summed E-state index contributed by atoms with van der Waals surface area (Å²) in [7, 11) is 0. The van der Waals surface area contributed by atoms with Crippen molar-refractivity contribution in [1.29, 1.82) is 0 Å². The Morgan fingerprint density at radius 2 is 2.57 bits per heavy atom. The van der Waals surface area contributed by atoms with Gasteiger partial charge in [-0.15, -0.1) is 0 Å². The fourth-order valence-corrected chi connectivity index (χ4v) is 2.06. The topological polar surface area (TPSA) is 62.1 Å². The van der Waals surface area contributed by atoms with Gasteiger partial charge >= 0.3 is 0 Å². The Labute approximate surface area is 83.1 Å². The standard InChI is InChI=1S/C10H15N3O/c11-7-10(14)13-6-2-4-9(13)8-3-1-5-12-8/h1,3,5,9,12H,2,4,6-7,11H2. The molecule has 1 fully saturated rings. The molecule has 0 saturated carbocycles. The van der Waals surface area contributed by atoms with E-state index in [1.807, 2.05) is 23.2 Å². The molecule has 1 aliphatic rings. The van der Waals surface area contributed by atoms with E-state index in [9.17, 15) is 4.79 Å². The lowest BCUT2D eigenvalue weighted by atomic mass is 10.1. The van der Waals surface area contributed by atoms with Gasteiger partial charge in [-0.05, 0) is 25.0 Å². The first-order valence-electron chi connectivity index (χ1n) is 4.95. The Kier molecular flexibility index (Phi) is 2.54. The number of H-pyrrole nitrogens is 1. The predicted octanol–water partition coefficient (Wildman–Crippen LogP) is 0.637. The van der Waals surface area contributed by atoms with Crippen molar-refractivity contribution in [2.75, 3.05) is 13.1 Å². The molecule has 1 saturated heterocycles. The molecule has 4 nitrogen and oxygen atoms in total. The minimum absolute atomic E-state index is 0.0436. The highest BCUT2D eigenvalue weighted by molar-refractivity contribution is 5.78. The summed E-state index contributed by atoms with van der Waals surface area (Å²) >= 11 is 0. The third-order valence-corrected chi connectivity index (χ3v) is 2.73. The van der Waals surface area contributed by atoms with Crippen molar-refractivity contribution in [2.24, 2.45) is 5.73 Å². The van der Waals surface area contributed by atoms with Crippen LogP contribution < -0.4 is 5.73 Å². The minimum Gasteiger partial charge on any atom is -0.363 e. The summed E-state index contributed by atoms with van der Waals surface area (Å²) in [6.07, 6.45) is 3.99. The SMILES string of the molecule is NCC(=O)N1CCCC1c1ccc[nH]1. The Bertz CT molecular complexity index is 307. The Hall–Kier alpha value is -1.29. The minimum atomic E-state index is 0.0436. The van der Waals surface area contributed by atoms with E-state index in [1.165, 1.54) is 0 Å². The number of nitrogens with one attached hydrogen (secondary N) is 1. The van der Waals surface area contributed by atoms with Gasteiger partial charge in [-0.2, -0.15) is 0 Å². The molecule has 0 aromatic carbocycles. The molecule has 3 N–H and O–H groups in total. The Morgan fingerprint density at radius 3 is 3.21 bits per heavy atom. The van der Waals surface area contributed by atoms with Gasteiger partial charge in [0, 0.05) is 18.4 Å². The number of carbonyl (C=O) groups is 1. The molecule has 0 bridgehead atoms. The molecule has 76 valence electrons. The van der Waals surface area contributed by atoms with Crippen molar-refractivity contribution in [3.05, 3.63) is 24.0 Å². The van der Waals surface area contributed by atoms with Gasteiger partial charge in [0.2, 0.25) is 5.91 Å². The molecule has 2 heterocycles. The fraction of sp³-hybridized carbons (Fsp3) is 0.500. The van der Waals surface area contributed by atoms with Gasteiger partial charge in [0.1, 0.15) is 0 Å². The van der Waals surface area contributed by atoms with E-state index < -0.39 is 0 Å². The number of aromatic nitrogens is 1. The van der Waals surface area contributed by atoms with Crippen LogP contribution >= 0.6 is 0 Å². The van der Waals surface area contributed by atoms with E-state index in [0.717, 1.165) is 25.1 Å². The van der Waals surface area contributed by atoms with Crippen molar-refractivity contribution in [3.8, 4) is 0 Å². The number of aromatic amines is 1. The van der Waals surface area contributed by atoms with Crippen LogP contribution in [0.2, 0.25) is 0 Å². The van der Waals surface area contributed by atoms with Gasteiger partial charge < -0.3 is 15.6 Å². The largest absolute Gasteiger partial charge is 0.363 e. The number of nitrogens with two attached hydrogens (primary N) is 1. The average molecular weight is 193 g/mol. The van der Waals surface area contributed by atoms with Crippen LogP contribution in [0, 0.1) is 0 Å². The molecule has 1 aliphatic heterocycles. The van der Waals surface area contributed by atoms with Crippen molar-refractivity contribution >= 4 is 5.91 Å². The van der Waals surface area contributed by atoms with Gasteiger partial charge in [-0.25, -0.2) is 0 Å². The number of nitrogens with zero attached hydrogens (tertiary/aromatic N) is 1. The number of likely N-dealkylation sites (tertiary alicyclic amines) is 1. The molecular formula is C10H15N3O. The molecule has 0 radical (unpaired) electrons.